The van der Waals surface area contributed by atoms with Crippen molar-refractivity contribution in [1.82, 2.24) is 15.1 Å². The quantitative estimate of drug-likeness (QED) is 0.549. The van der Waals surface area contributed by atoms with Crippen LogP contribution in [0.3, 0.4) is 0 Å². The summed E-state index contributed by atoms with van der Waals surface area (Å²) in [5.41, 5.74) is 5.46. The fourth-order valence-electron chi connectivity index (χ4n) is 4.42. The molecule has 0 bridgehead atoms. The lowest BCUT2D eigenvalue weighted by atomic mass is 9.91. The maximum Gasteiger partial charge on any atom is 0.340 e. The van der Waals surface area contributed by atoms with Crippen LogP contribution in [0.2, 0.25) is 0 Å². The van der Waals surface area contributed by atoms with E-state index in [1.54, 1.807) is 37.4 Å². The highest BCUT2D eigenvalue weighted by molar-refractivity contribution is 6.08. The predicted octanol–water partition coefficient (Wildman–Crippen LogP) is 4.39. The normalized spacial score (nSPS) is 14.2. The number of rotatable bonds is 6. The molecular weight excluding hydrogens is 416 g/mol. The van der Waals surface area contributed by atoms with E-state index in [0.717, 1.165) is 42.9 Å². The van der Waals surface area contributed by atoms with Gasteiger partial charge in [-0.3, -0.25) is 4.79 Å². The summed E-state index contributed by atoms with van der Waals surface area (Å²) < 4.78 is 7.06. The molecule has 2 heterocycles. The van der Waals surface area contributed by atoms with Crippen molar-refractivity contribution in [3.63, 3.8) is 0 Å². The Hall–Kier alpha value is -3.45. The van der Waals surface area contributed by atoms with Crippen LogP contribution >= 0.6 is 0 Å². The van der Waals surface area contributed by atoms with Gasteiger partial charge in [0.25, 0.3) is 5.91 Å². The zero-order valence-electron chi connectivity index (χ0n) is 19.4. The highest BCUT2D eigenvalue weighted by Gasteiger charge is 2.28. The maximum absolute atomic E-state index is 13.5. The van der Waals surface area contributed by atoms with Crippen molar-refractivity contribution in [2.24, 2.45) is 0 Å². The average Bonchev–Trinajstić information content (AvgIpc) is 3.25. The highest BCUT2D eigenvalue weighted by Crippen LogP contribution is 2.32. The van der Waals surface area contributed by atoms with Crippen molar-refractivity contribution < 1.29 is 14.3 Å². The number of benzene rings is 2. The number of hydrogen-bond acceptors (Lipinski definition) is 5. The van der Waals surface area contributed by atoms with Crippen molar-refractivity contribution in [2.45, 2.75) is 39.5 Å². The molecular formula is C26H30N4O3. The Morgan fingerprint density at radius 3 is 2.61 bits per heavy atom. The average molecular weight is 447 g/mol. The second kappa shape index (κ2) is 10.0. The summed E-state index contributed by atoms with van der Waals surface area (Å²) in [5, 5.41) is 11.0. The summed E-state index contributed by atoms with van der Waals surface area (Å²) in [5.74, 6) is -0.537. The van der Waals surface area contributed by atoms with Gasteiger partial charge in [-0.1, -0.05) is 29.8 Å². The fraction of sp³-hybridized carbons (Fsp3) is 0.346. The Labute approximate surface area is 194 Å². The molecule has 0 radical (unpaired) electrons. The maximum atomic E-state index is 13.5. The van der Waals surface area contributed by atoms with Crippen LogP contribution in [-0.4, -0.2) is 41.4 Å². The molecule has 7 heteroatoms. The lowest BCUT2D eigenvalue weighted by Gasteiger charge is -2.25. The Kier molecular flexibility index (Phi) is 6.89. The van der Waals surface area contributed by atoms with Crippen LogP contribution in [0.15, 0.2) is 48.7 Å². The molecule has 1 amide bonds. The molecule has 1 aliphatic heterocycles. The standard InChI is InChI=1S/C26H30N4O3/c1-4-33-26(32)20-7-5-6-8-22(20)29-25(31)21-16-28-30(23-10-9-17(2)15-18(23)3)24(21)19-11-13-27-14-12-19/h5-10,15-16,19,27H,4,11-14H2,1-3H3,(H,29,31). The first kappa shape index (κ1) is 22.7. The minimum absolute atomic E-state index is 0.204. The van der Waals surface area contributed by atoms with Crippen LogP contribution in [0.25, 0.3) is 5.69 Å². The molecule has 0 unspecified atom stereocenters. The van der Waals surface area contributed by atoms with Crippen molar-refractivity contribution in [3.8, 4) is 5.69 Å². The van der Waals surface area contributed by atoms with Crippen LogP contribution in [-0.2, 0) is 4.74 Å². The van der Waals surface area contributed by atoms with Gasteiger partial charge in [0, 0.05) is 5.92 Å². The minimum Gasteiger partial charge on any atom is -0.462 e. The first-order valence-electron chi connectivity index (χ1n) is 11.4. The number of piperidine rings is 1. The molecule has 0 spiro atoms. The SMILES string of the molecule is CCOC(=O)c1ccccc1NC(=O)c1cnn(-c2ccc(C)cc2C)c1C1CCNCC1. The Balaban J connectivity index is 1.73. The lowest BCUT2D eigenvalue weighted by Crippen LogP contribution is -2.29. The fourth-order valence-corrected chi connectivity index (χ4v) is 4.42. The number of carbonyl (C=O) groups is 2. The summed E-state index contributed by atoms with van der Waals surface area (Å²) in [6, 6.07) is 13.1. The van der Waals surface area contributed by atoms with Crippen molar-refractivity contribution in [3.05, 3.63) is 76.6 Å². The molecule has 3 aromatic rings. The van der Waals surface area contributed by atoms with Gasteiger partial charge in [-0.15, -0.1) is 0 Å². The Bertz CT molecular complexity index is 1160. The number of amides is 1. The van der Waals surface area contributed by atoms with E-state index in [1.807, 2.05) is 4.68 Å². The number of esters is 1. The van der Waals surface area contributed by atoms with Gasteiger partial charge in [-0.05, 0) is 70.5 Å². The number of carbonyl (C=O) groups excluding carboxylic acids is 2. The summed E-state index contributed by atoms with van der Waals surface area (Å²) in [6.07, 6.45) is 3.49. The molecule has 4 rings (SSSR count). The molecule has 2 aromatic carbocycles. The van der Waals surface area contributed by atoms with Crippen LogP contribution < -0.4 is 10.6 Å². The highest BCUT2D eigenvalue weighted by atomic mass is 16.5. The summed E-state index contributed by atoms with van der Waals surface area (Å²) in [7, 11) is 0. The number of nitrogens with one attached hydrogen (secondary N) is 2. The lowest BCUT2D eigenvalue weighted by molar-refractivity contribution is 0.0527. The second-order valence-corrected chi connectivity index (χ2v) is 8.39. The second-order valence-electron chi connectivity index (χ2n) is 8.39. The molecule has 0 saturated carbocycles. The molecule has 7 nitrogen and oxygen atoms in total. The third kappa shape index (κ3) is 4.83. The van der Waals surface area contributed by atoms with Crippen LogP contribution in [0.5, 0.6) is 0 Å². The zero-order valence-corrected chi connectivity index (χ0v) is 19.4. The van der Waals surface area contributed by atoms with Gasteiger partial charge < -0.3 is 15.4 Å². The van der Waals surface area contributed by atoms with Crippen molar-refractivity contribution >= 4 is 17.6 Å². The van der Waals surface area contributed by atoms with Crippen molar-refractivity contribution in [2.75, 3.05) is 25.0 Å². The van der Waals surface area contributed by atoms with Gasteiger partial charge in [-0.2, -0.15) is 5.10 Å². The number of anilines is 1. The number of hydrogen-bond donors (Lipinski definition) is 2. The number of nitrogens with zero attached hydrogens (tertiary/aromatic N) is 2. The number of para-hydroxylation sites is 1. The largest absolute Gasteiger partial charge is 0.462 e. The van der Waals surface area contributed by atoms with Gasteiger partial charge in [0.15, 0.2) is 0 Å². The molecule has 1 fully saturated rings. The van der Waals surface area contributed by atoms with E-state index in [4.69, 9.17) is 4.74 Å². The van der Waals surface area contributed by atoms with E-state index in [2.05, 4.69) is 47.8 Å². The Morgan fingerprint density at radius 1 is 1.12 bits per heavy atom. The van der Waals surface area contributed by atoms with Crippen LogP contribution in [0.1, 0.15) is 63.2 Å². The molecule has 172 valence electrons. The summed E-state index contributed by atoms with van der Waals surface area (Å²) >= 11 is 0. The molecule has 0 atom stereocenters. The first-order valence-corrected chi connectivity index (χ1v) is 11.4. The number of aromatic nitrogens is 2. The van der Waals surface area contributed by atoms with E-state index in [9.17, 15) is 9.59 Å². The van der Waals surface area contributed by atoms with E-state index >= 15 is 0 Å². The van der Waals surface area contributed by atoms with Gasteiger partial charge in [-0.25, -0.2) is 9.48 Å². The monoisotopic (exact) mass is 446 g/mol. The zero-order chi connectivity index (χ0) is 23.4. The third-order valence-corrected chi connectivity index (χ3v) is 6.03. The van der Waals surface area contributed by atoms with E-state index in [0.29, 0.717) is 16.8 Å². The first-order chi connectivity index (χ1) is 16.0. The molecule has 1 aliphatic rings. The summed E-state index contributed by atoms with van der Waals surface area (Å²) in [6.45, 7) is 7.94. The van der Waals surface area contributed by atoms with E-state index in [-0.39, 0.29) is 18.4 Å². The van der Waals surface area contributed by atoms with Gasteiger partial charge >= 0.3 is 5.97 Å². The van der Waals surface area contributed by atoms with Crippen molar-refractivity contribution in [1.29, 1.82) is 0 Å². The minimum atomic E-state index is -0.460. The smallest absolute Gasteiger partial charge is 0.340 e. The topological polar surface area (TPSA) is 85.2 Å². The summed E-state index contributed by atoms with van der Waals surface area (Å²) in [4.78, 5) is 25.8. The van der Waals surface area contributed by atoms with Crippen LogP contribution in [0.4, 0.5) is 5.69 Å². The molecule has 0 aliphatic carbocycles. The van der Waals surface area contributed by atoms with E-state index in [1.165, 1.54) is 5.56 Å². The molecule has 1 aromatic heterocycles. The number of ether oxygens (including phenoxy) is 1. The van der Waals surface area contributed by atoms with Gasteiger partial charge in [0.05, 0.1) is 41.0 Å². The van der Waals surface area contributed by atoms with Crippen LogP contribution in [0, 0.1) is 13.8 Å². The van der Waals surface area contributed by atoms with E-state index < -0.39 is 5.97 Å². The predicted molar refractivity (Wildman–Crippen MR) is 128 cm³/mol. The van der Waals surface area contributed by atoms with Gasteiger partial charge in [0.1, 0.15) is 0 Å². The molecule has 1 saturated heterocycles. The Morgan fingerprint density at radius 2 is 1.88 bits per heavy atom. The third-order valence-electron chi connectivity index (χ3n) is 6.03. The molecule has 33 heavy (non-hydrogen) atoms. The van der Waals surface area contributed by atoms with Gasteiger partial charge in [0.2, 0.25) is 0 Å². The molecule has 2 N–H and O–H groups in total. The number of aryl methyl sites for hydroxylation is 2.